The van der Waals surface area contributed by atoms with Crippen molar-refractivity contribution in [3.05, 3.63) is 109 Å². The van der Waals surface area contributed by atoms with Gasteiger partial charge in [-0.1, -0.05) is 59.6 Å². The molecule has 0 aliphatic carbocycles. The minimum absolute atomic E-state index is 0.114. The highest BCUT2D eigenvalue weighted by molar-refractivity contribution is 6.37. The van der Waals surface area contributed by atoms with Crippen molar-refractivity contribution in [2.75, 3.05) is 6.54 Å². The Bertz CT molecular complexity index is 1320. The van der Waals surface area contributed by atoms with Crippen molar-refractivity contribution < 1.29 is 9.66 Å². The lowest BCUT2D eigenvalue weighted by Crippen LogP contribution is -2.14. The van der Waals surface area contributed by atoms with Gasteiger partial charge in [-0.25, -0.2) is 0 Å². The van der Waals surface area contributed by atoms with Gasteiger partial charge in [0.05, 0.1) is 27.6 Å². The predicted molar refractivity (Wildman–Crippen MR) is 124 cm³/mol. The maximum Gasteiger partial charge on any atom is 0.214 e. The number of para-hydroxylation sites is 1. The molecule has 0 aliphatic rings. The van der Waals surface area contributed by atoms with Crippen LogP contribution >= 0.6 is 23.2 Å². The Labute approximate surface area is 194 Å². The summed E-state index contributed by atoms with van der Waals surface area (Å²) in [7, 11) is 0. The second-order valence-electron chi connectivity index (χ2n) is 7.23. The summed E-state index contributed by atoms with van der Waals surface area (Å²) in [6, 6.07) is 20.1. The summed E-state index contributed by atoms with van der Waals surface area (Å²) in [5.41, 5.74) is 3.51. The summed E-state index contributed by atoms with van der Waals surface area (Å²) in [5, 5.41) is 22.1. The summed E-state index contributed by atoms with van der Waals surface area (Å²) < 4.78 is 5.82. The third-order valence-corrected chi connectivity index (χ3v) is 5.82. The van der Waals surface area contributed by atoms with Gasteiger partial charge in [0.15, 0.2) is 5.75 Å². The van der Waals surface area contributed by atoms with Crippen LogP contribution in [0.15, 0.2) is 66.9 Å². The third kappa shape index (κ3) is 4.40. The molecular formula is C24H17Cl2N3O3. The lowest BCUT2D eigenvalue weighted by molar-refractivity contribution is -0.481. The first-order chi connectivity index (χ1) is 15.5. The van der Waals surface area contributed by atoms with Gasteiger partial charge in [-0.3, -0.25) is 10.1 Å². The lowest BCUT2D eigenvalue weighted by Gasteiger charge is -2.17. The van der Waals surface area contributed by atoms with Gasteiger partial charge in [0.2, 0.25) is 6.54 Å². The van der Waals surface area contributed by atoms with Crippen LogP contribution in [0.25, 0.3) is 10.9 Å². The molecule has 32 heavy (non-hydrogen) atoms. The van der Waals surface area contributed by atoms with Crippen molar-refractivity contribution in [2.45, 2.75) is 12.5 Å². The average Bonchev–Trinajstić information content (AvgIpc) is 3.21. The minimum Gasteiger partial charge on any atom is -0.486 e. The number of hydrogen-bond donors (Lipinski definition) is 1. The highest BCUT2D eigenvalue weighted by atomic mass is 35.5. The van der Waals surface area contributed by atoms with E-state index in [-0.39, 0.29) is 33.9 Å². The molecular weight excluding hydrogens is 449 g/mol. The molecule has 0 radical (unpaired) electrons. The molecule has 6 nitrogen and oxygen atoms in total. The van der Waals surface area contributed by atoms with Crippen molar-refractivity contribution in [1.82, 2.24) is 4.98 Å². The Morgan fingerprint density at radius 1 is 1.09 bits per heavy atom. The van der Waals surface area contributed by atoms with Crippen molar-refractivity contribution >= 4 is 34.1 Å². The molecule has 4 rings (SSSR count). The van der Waals surface area contributed by atoms with Crippen LogP contribution in [0.2, 0.25) is 10.0 Å². The van der Waals surface area contributed by atoms with Crippen molar-refractivity contribution in [1.29, 1.82) is 5.26 Å². The van der Waals surface area contributed by atoms with E-state index in [1.54, 1.807) is 36.5 Å². The Balaban J connectivity index is 1.68. The number of aromatic amines is 1. The van der Waals surface area contributed by atoms with Crippen LogP contribution < -0.4 is 4.74 Å². The van der Waals surface area contributed by atoms with E-state index in [9.17, 15) is 15.4 Å². The molecule has 0 fully saturated rings. The van der Waals surface area contributed by atoms with Gasteiger partial charge in [-0.15, -0.1) is 0 Å². The van der Waals surface area contributed by atoms with Crippen LogP contribution in [-0.2, 0) is 6.61 Å². The van der Waals surface area contributed by atoms with Gasteiger partial charge >= 0.3 is 0 Å². The molecule has 0 amide bonds. The Kier molecular flexibility index (Phi) is 6.31. The topological polar surface area (TPSA) is 91.9 Å². The molecule has 1 aromatic heterocycles. The summed E-state index contributed by atoms with van der Waals surface area (Å²) in [6.07, 6.45) is 1.78. The number of hydrogen-bond acceptors (Lipinski definition) is 4. The van der Waals surface area contributed by atoms with Crippen molar-refractivity contribution in [3.63, 3.8) is 0 Å². The van der Waals surface area contributed by atoms with Gasteiger partial charge in [0.1, 0.15) is 6.61 Å². The molecule has 0 saturated heterocycles. The highest BCUT2D eigenvalue weighted by Gasteiger charge is 2.25. The molecule has 0 spiro atoms. The van der Waals surface area contributed by atoms with E-state index in [2.05, 4.69) is 11.1 Å². The number of nitrogens with zero attached hydrogens (tertiary/aromatic N) is 2. The molecule has 4 aromatic rings. The molecule has 0 bridgehead atoms. The van der Waals surface area contributed by atoms with Crippen LogP contribution in [0.1, 0.15) is 28.2 Å². The van der Waals surface area contributed by atoms with Gasteiger partial charge < -0.3 is 9.72 Å². The summed E-state index contributed by atoms with van der Waals surface area (Å²) in [4.78, 5) is 14.3. The van der Waals surface area contributed by atoms with E-state index < -0.39 is 5.92 Å². The number of H-pyrrole nitrogens is 1. The standard InChI is InChI=1S/C24H17Cl2N3O3/c25-21-9-17(10-22(26)24(21)32-14-16-6-2-1-5-15(16)11-27)20(13-29(30)31)19-12-28-23-8-4-3-7-18(19)23/h1-10,12,20,28H,13-14H2/t20-/m0/s1. The van der Waals surface area contributed by atoms with E-state index >= 15 is 0 Å². The first-order valence-electron chi connectivity index (χ1n) is 9.75. The van der Waals surface area contributed by atoms with E-state index in [1.807, 2.05) is 30.3 Å². The zero-order chi connectivity index (χ0) is 22.7. The number of nitrogens with one attached hydrogen (secondary N) is 1. The number of benzene rings is 3. The van der Waals surface area contributed by atoms with Crippen LogP contribution in [0.3, 0.4) is 0 Å². The normalized spacial score (nSPS) is 11.8. The quantitative estimate of drug-likeness (QED) is 0.254. The fourth-order valence-corrected chi connectivity index (χ4v) is 4.35. The second-order valence-corrected chi connectivity index (χ2v) is 8.04. The number of aromatic nitrogens is 1. The number of nitro groups is 1. The summed E-state index contributed by atoms with van der Waals surface area (Å²) in [6.45, 7) is -0.201. The smallest absolute Gasteiger partial charge is 0.214 e. The number of ether oxygens (including phenoxy) is 1. The SMILES string of the molecule is N#Cc1ccccc1COc1c(Cl)cc([C@H](C[N+](=O)[O-])c2c[nH]c3ccccc23)cc1Cl. The maximum absolute atomic E-state index is 11.4. The zero-order valence-corrected chi connectivity index (χ0v) is 18.2. The lowest BCUT2D eigenvalue weighted by atomic mass is 9.91. The first kappa shape index (κ1) is 21.7. The Hall–Kier alpha value is -3.53. The predicted octanol–water partition coefficient (Wildman–Crippen LogP) is 6.33. The second kappa shape index (κ2) is 9.31. The molecule has 0 unspecified atom stereocenters. The highest BCUT2D eigenvalue weighted by Crippen LogP contribution is 2.40. The van der Waals surface area contributed by atoms with Crippen molar-refractivity contribution in [3.8, 4) is 11.8 Å². The Morgan fingerprint density at radius 2 is 1.78 bits per heavy atom. The largest absolute Gasteiger partial charge is 0.486 e. The summed E-state index contributed by atoms with van der Waals surface area (Å²) in [5.74, 6) is -0.284. The molecule has 1 atom stereocenters. The van der Waals surface area contributed by atoms with Crippen LogP contribution in [0.4, 0.5) is 0 Å². The number of halogens is 2. The van der Waals surface area contributed by atoms with E-state index in [0.29, 0.717) is 16.7 Å². The number of rotatable bonds is 7. The zero-order valence-electron chi connectivity index (χ0n) is 16.7. The molecule has 8 heteroatoms. The fourth-order valence-electron chi connectivity index (χ4n) is 3.74. The molecule has 0 aliphatic heterocycles. The number of nitriles is 1. The monoisotopic (exact) mass is 465 g/mol. The molecule has 0 saturated carbocycles. The molecule has 160 valence electrons. The first-order valence-corrected chi connectivity index (χ1v) is 10.5. The summed E-state index contributed by atoms with van der Waals surface area (Å²) >= 11 is 13.0. The maximum atomic E-state index is 11.4. The molecule has 1 heterocycles. The number of fused-ring (bicyclic) bond motifs is 1. The van der Waals surface area contributed by atoms with Crippen LogP contribution in [-0.4, -0.2) is 16.5 Å². The minimum atomic E-state index is -0.551. The fraction of sp³-hybridized carbons (Fsp3) is 0.125. The van der Waals surface area contributed by atoms with Crippen LogP contribution in [0, 0.1) is 21.4 Å². The third-order valence-electron chi connectivity index (χ3n) is 5.26. The van der Waals surface area contributed by atoms with E-state index in [4.69, 9.17) is 27.9 Å². The van der Waals surface area contributed by atoms with Gasteiger partial charge in [0.25, 0.3) is 0 Å². The van der Waals surface area contributed by atoms with E-state index in [0.717, 1.165) is 16.5 Å². The molecule has 3 aromatic carbocycles. The van der Waals surface area contributed by atoms with Gasteiger partial charge in [-0.2, -0.15) is 5.26 Å². The molecule has 1 N–H and O–H groups in total. The van der Waals surface area contributed by atoms with Crippen LogP contribution in [0.5, 0.6) is 5.75 Å². The van der Waals surface area contributed by atoms with Crippen molar-refractivity contribution in [2.24, 2.45) is 0 Å². The van der Waals surface area contributed by atoms with Gasteiger partial charge in [0, 0.05) is 27.6 Å². The van der Waals surface area contributed by atoms with Gasteiger partial charge in [-0.05, 0) is 35.4 Å². The van der Waals surface area contributed by atoms with E-state index in [1.165, 1.54) is 0 Å². The Morgan fingerprint density at radius 3 is 2.50 bits per heavy atom. The average molecular weight is 466 g/mol.